The first-order chi connectivity index (χ1) is 6.69. The summed E-state index contributed by atoms with van der Waals surface area (Å²) in [4.78, 5) is 26.6. The Morgan fingerprint density at radius 2 is 1.86 bits per heavy atom. The summed E-state index contributed by atoms with van der Waals surface area (Å²) in [5.41, 5.74) is 0.851. The van der Waals surface area contributed by atoms with Crippen LogP contribution in [0.25, 0.3) is 0 Å². The topological polar surface area (TPSA) is 79.1 Å². The Morgan fingerprint density at radius 1 is 1.21 bits per heavy atom. The molecule has 5 heteroatoms. The molecule has 0 radical (unpaired) electrons. The molecule has 0 bridgehead atoms. The van der Waals surface area contributed by atoms with Gasteiger partial charge in [0.25, 0.3) is 0 Å². The summed E-state index contributed by atoms with van der Waals surface area (Å²) < 4.78 is 0. The van der Waals surface area contributed by atoms with Crippen LogP contribution in [0.15, 0.2) is 22.1 Å². The molecule has 70 valence electrons. The minimum atomic E-state index is -0.0875. The zero-order valence-corrected chi connectivity index (χ0v) is 7.31. The van der Waals surface area contributed by atoms with Crippen molar-refractivity contribution in [3.8, 4) is 5.75 Å². The van der Waals surface area contributed by atoms with Gasteiger partial charge in [-0.3, -0.25) is 0 Å². The fraction of sp³-hybridized carbons (Fsp3) is 0.111. The summed E-state index contributed by atoms with van der Waals surface area (Å²) in [6.07, 6.45) is 2.67. The van der Waals surface area contributed by atoms with Crippen molar-refractivity contribution in [2.75, 3.05) is 0 Å². The van der Waals surface area contributed by atoms with E-state index in [4.69, 9.17) is 0 Å². The first-order valence-corrected chi connectivity index (χ1v) is 3.68. The van der Waals surface area contributed by atoms with Gasteiger partial charge in [-0.25, -0.2) is 9.59 Å². The molecule has 0 unspecified atom stereocenters. The standard InChI is InChI=1S/C9H6N2O3/c1-6-8(11-5-13)2-7(10-4-12)3-9(6)14/h2-3,14H,1H3. The first-order valence-electron chi connectivity index (χ1n) is 3.68. The number of aromatic hydroxyl groups is 1. The molecule has 1 aromatic rings. The second-order valence-electron chi connectivity index (χ2n) is 2.52. The van der Waals surface area contributed by atoms with Gasteiger partial charge in [0, 0.05) is 11.6 Å². The third-order valence-corrected chi connectivity index (χ3v) is 1.68. The fourth-order valence-electron chi connectivity index (χ4n) is 0.952. The molecule has 0 fully saturated rings. The van der Waals surface area contributed by atoms with E-state index < -0.39 is 0 Å². The third kappa shape index (κ3) is 1.93. The Morgan fingerprint density at radius 3 is 2.43 bits per heavy atom. The van der Waals surface area contributed by atoms with Gasteiger partial charge in [0.1, 0.15) is 5.75 Å². The number of phenolic OH excluding ortho intramolecular Hbond substituents is 1. The molecule has 0 aliphatic rings. The monoisotopic (exact) mass is 190 g/mol. The minimum absolute atomic E-state index is 0.0875. The summed E-state index contributed by atoms with van der Waals surface area (Å²) in [6, 6.07) is 2.66. The molecule has 0 amide bonds. The van der Waals surface area contributed by atoms with Crippen molar-refractivity contribution in [2.45, 2.75) is 6.92 Å². The maximum atomic E-state index is 10.0. The normalized spacial score (nSPS) is 8.64. The molecule has 1 aromatic carbocycles. The lowest BCUT2D eigenvalue weighted by Crippen LogP contribution is -1.76. The summed E-state index contributed by atoms with van der Waals surface area (Å²) in [6.45, 7) is 1.58. The van der Waals surface area contributed by atoms with Crippen LogP contribution in [0.3, 0.4) is 0 Å². The van der Waals surface area contributed by atoms with E-state index in [2.05, 4.69) is 9.98 Å². The van der Waals surface area contributed by atoms with Crippen molar-refractivity contribution in [3.05, 3.63) is 17.7 Å². The maximum Gasteiger partial charge on any atom is 0.240 e. The van der Waals surface area contributed by atoms with E-state index in [9.17, 15) is 14.7 Å². The zero-order chi connectivity index (χ0) is 10.6. The number of hydrogen-bond acceptors (Lipinski definition) is 5. The van der Waals surface area contributed by atoms with Crippen molar-refractivity contribution < 1.29 is 14.7 Å². The molecule has 14 heavy (non-hydrogen) atoms. The highest BCUT2D eigenvalue weighted by atomic mass is 16.3. The predicted octanol–water partition coefficient (Wildman–Crippen LogP) is 1.64. The van der Waals surface area contributed by atoms with E-state index in [1.165, 1.54) is 24.3 Å². The third-order valence-electron chi connectivity index (χ3n) is 1.68. The van der Waals surface area contributed by atoms with E-state index in [-0.39, 0.29) is 17.1 Å². The molecule has 0 aromatic heterocycles. The first kappa shape index (κ1) is 9.86. The van der Waals surface area contributed by atoms with Crippen molar-refractivity contribution in [1.29, 1.82) is 0 Å². The maximum absolute atomic E-state index is 10.0. The largest absolute Gasteiger partial charge is 0.508 e. The number of aliphatic imine (C=N–C) groups is 2. The van der Waals surface area contributed by atoms with Crippen LogP contribution in [0.2, 0.25) is 0 Å². The van der Waals surface area contributed by atoms with Gasteiger partial charge in [-0.15, -0.1) is 0 Å². The van der Waals surface area contributed by atoms with E-state index >= 15 is 0 Å². The summed E-state index contributed by atoms with van der Waals surface area (Å²) >= 11 is 0. The number of phenols is 1. The minimum Gasteiger partial charge on any atom is -0.508 e. The molecule has 0 spiro atoms. The van der Waals surface area contributed by atoms with Gasteiger partial charge in [-0.05, 0) is 13.0 Å². The van der Waals surface area contributed by atoms with Crippen molar-refractivity contribution in [1.82, 2.24) is 0 Å². The number of rotatable bonds is 2. The van der Waals surface area contributed by atoms with Crippen molar-refractivity contribution in [2.24, 2.45) is 9.98 Å². The van der Waals surface area contributed by atoms with Crippen LogP contribution in [-0.2, 0) is 9.59 Å². The Balaban J connectivity index is 3.41. The van der Waals surface area contributed by atoms with Gasteiger partial charge in [-0.1, -0.05) is 0 Å². The van der Waals surface area contributed by atoms with Crippen LogP contribution < -0.4 is 0 Å². The number of carbonyl (C=O) groups excluding carboxylic acids is 2. The van der Waals surface area contributed by atoms with Gasteiger partial charge in [0.15, 0.2) is 0 Å². The van der Waals surface area contributed by atoms with Gasteiger partial charge in [-0.2, -0.15) is 9.98 Å². The highest BCUT2D eigenvalue weighted by Gasteiger charge is 2.05. The lowest BCUT2D eigenvalue weighted by molar-refractivity contribution is 0.471. The fourth-order valence-corrected chi connectivity index (χ4v) is 0.952. The van der Waals surface area contributed by atoms with Crippen molar-refractivity contribution >= 4 is 23.5 Å². The predicted molar refractivity (Wildman–Crippen MR) is 48.4 cm³/mol. The Labute approximate surface area is 79.4 Å². The molecular weight excluding hydrogens is 184 g/mol. The molecule has 1 N–H and O–H groups in total. The molecule has 0 aliphatic heterocycles. The van der Waals surface area contributed by atoms with Crippen LogP contribution in [0.1, 0.15) is 5.56 Å². The number of nitrogens with zero attached hydrogens (tertiary/aromatic N) is 2. The van der Waals surface area contributed by atoms with E-state index in [0.29, 0.717) is 5.56 Å². The highest BCUT2D eigenvalue weighted by Crippen LogP contribution is 2.32. The van der Waals surface area contributed by atoms with Crippen LogP contribution in [0.5, 0.6) is 5.75 Å². The summed E-state index contributed by atoms with van der Waals surface area (Å²) in [7, 11) is 0. The number of hydrogen-bond donors (Lipinski definition) is 1. The van der Waals surface area contributed by atoms with Gasteiger partial charge < -0.3 is 5.11 Å². The average Bonchev–Trinajstić information content (AvgIpc) is 2.14. The molecule has 0 saturated carbocycles. The Bertz CT molecular complexity index is 455. The number of isocyanates is 2. The number of benzene rings is 1. The van der Waals surface area contributed by atoms with E-state index in [1.807, 2.05) is 0 Å². The molecular formula is C9H6N2O3. The van der Waals surface area contributed by atoms with E-state index in [0.717, 1.165) is 0 Å². The molecule has 0 heterocycles. The zero-order valence-electron chi connectivity index (χ0n) is 7.31. The van der Waals surface area contributed by atoms with Gasteiger partial charge >= 0.3 is 0 Å². The van der Waals surface area contributed by atoms with Crippen LogP contribution >= 0.6 is 0 Å². The van der Waals surface area contributed by atoms with Gasteiger partial charge in [0.05, 0.1) is 11.4 Å². The Hall–Kier alpha value is -2.22. The highest BCUT2D eigenvalue weighted by molar-refractivity contribution is 5.65. The quantitative estimate of drug-likeness (QED) is 0.568. The smallest absolute Gasteiger partial charge is 0.240 e. The SMILES string of the molecule is Cc1c(O)cc(N=C=O)cc1N=C=O. The van der Waals surface area contributed by atoms with Gasteiger partial charge in [0.2, 0.25) is 12.2 Å². The second-order valence-corrected chi connectivity index (χ2v) is 2.52. The lowest BCUT2D eigenvalue weighted by Gasteiger charge is -2.01. The lowest BCUT2D eigenvalue weighted by atomic mass is 10.1. The molecule has 5 nitrogen and oxygen atoms in total. The van der Waals surface area contributed by atoms with Crippen molar-refractivity contribution in [3.63, 3.8) is 0 Å². The molecule has 0 aliphatic carbocycles. The second kappa shape index (κ2) is 4.14. The van der Waals surface area contributed by atoms with Crippen LogP contribution in [-0.4, -0.2) is 17.3 Å². The average molecular weight is 190 g/mol. The molecule has 0 atom stereocenters. The summed E-state index contributed by atoms with van der Waals surface area (Å²) in [5, 5.41) is 9.35. The summed E-state index contributed by atoms with van der Waals surface area (Å²) in [5.74, 6) is -0.0875. The van der Waals surface area contributed by atoms with E-state index in [1.54, 1.807) is 6.92 Å². The van der Waals surface area contributed by atoms with Crippen LogP contribution in [0.4, 0.5) is 11.4 Å². The molecule has 1 rings (SSSR count). The van der Waals surface area contributed by atoms with Crippen LogP contribution in [0, 0.1) is 6.92 Å². The molecule has 0 saturated heterocycles. The Kier molecular flexibility index (Phi) is 2.92.